The maximum Gasteiger partial charge on any atom is 0.133 e. The molecule has 2 rings (SSSR count). The normalized spacial score (nSPS) is 10.8. The zero-order valence-electron chi connectivity index (χ0n) is 9.34. The van der Waals surface area contributed by atoms with Crippen LogP contribution >= 0.6 is 27.5 Å². The number of hydrogen-bond donors (Lipinski definition) is 1. The van der Waals surface area contributed by atoms with Crippen molar-refractivity contribution < 1.29 is 4.52 Å². The van der Waals surface area contributed by atoms with Crippen molar-refractivity contribution >= 4 is 27.5 Å². The molecule has 90 valence electrons. The topological polar surface area (TPSA) is 38.1 Å². The molecule has 0 atom stereocenters. The van der Waals surface area contributed by atoms with Gasteiger partial charge in [0.15, 0.2) is 0 Å². The number of aromatic nitrogens is 1. The second-order valence-electron chi connectivity index (χ2n) is 3.77. The van der Waals surface area contributed by atoms with E-state index in [1.807, 2.05) is 31.2 Å². The molecule has 17 heavy (non-hydrogen) atoms. The van der Waals surface area contributed by atoms with E-state index in [4.69, 9.17) is 16.1 Å². The van der Waals surface area contributed by atoms with E-state index < -0.39 is 0 Å². The first-order valence-corrected chi connectivity index (χ1v) is 6.39. The standard InChI is InChI=1S/C12H12BrClN2O/c1-8-4-11(16-17-8)7-15-6-9-2-3-10(13)5-12(9)14/h2-5,15H,6-7H2,1H3. The van der Waals surface area contributed by atoms with Crippen LogP contribution in [0.2, 0.25) is 5.02 Å². The summed E-state index contributed by atoms with van der Waals surface area (Å²) >= 11 is 9.49. The van der Waals surface area contributed by atoms with Crippen molar-refractivity contribution in [1.29, 1.82) is 0 Å². The van der Waals surface area contributed by atoms with Crippen LogP contribution in [0.4, 0.5) is 0 Å². The SMILES string of the molecule is Cc1cc(CNCc2ccc(Br)cc2Cl)no1. The van der Waals surface area contributed by atoms with Gasteiger partial charge >= 0.3 is 0 Å². The molecular formula is C12H12BrClN2O. The van der Waals surface area contributed by atoms with Gasteiger partial charge in [0.2, 0.25) is 0 Å². The Labute approximate surface area is 113 Å². The summed E-state index contributed by atoms with van der Waals surface area (Å²) in [5.74, 6) is 0.823. The third kappa shape index (κ3) is 3.56. The summed E-state index contributed by atoms with van der Waals surface area (Å²) in [4.78, 5) is 0. The summed E-state index contributed by atoms with van der Waals surface area (Å²) in [5.41, 5.74) is 1.96. The van der Waals surface area contributed by atoms with Crippen molar-refractivity contribution in [3.05, 3.63) is 50.8 Å². The number of nitrogens with one attached hydrogen (secondary N) is 1. The van der Waals surface area contributed by atoms with Crippen molar-refractivity contribution in [2.45, 2.75) is 20.0 Å². The van der Waals surface area contributed by atoms with E-state index in [9.17, 15) is 0 Å². The molecule has 0 radical (unpaired) electrons. The number of hydrogen-bond acceptors (Lipinski definition) is 3. The number of aryl methyl sites for hydroxylation is 1. The fourth-order valence-electron chi connectivity index (χ4n) is 1.49. The predicted molar refractivity (Wildman–Crippen MR) is 70.9 cm³/mol. The highest BCUT2D eigenvalue weighted by Gasteiger charge is 2.02. The molecule has 0 bridgehead atoms. The third-order valence-electron chi connectivity index (χ3n) is 2.31. The molecular weight excluding hydrogens is 304 g/mol. The average Bonchev–Trinajstić information content (AvgIpc) is 2.68. The van der Waals surface area contributed by atoms with E-state index in [1.54, 1.807) is 0 Å². The summed E-state index contributed by atoms with van der Waals surface area (Å²) < 4.78 is 5.97. The van der Waals surface area contributed by atoms with E-state index in [1.165, 1.54) is 0 Å². The van der Waals surface area contributed by atoms with E-state index >= 15 is 0 Å². The first kappa shape index (κ1) is 12.6. The maximum atomic E-state index is 6.11. The van der Waals surface area contributed by atoms with Crippen molar-refractivity contribution in [3.63, 3.8) is 0 Å². The molecule has 2 aromatic rings. The quantitative estimate of drug-likeness (QED) is 0.935. The Kier molecular flexibility index (Phi) is 4.20. The lowest BCUT2D eigenvalue weighted by Gasteiger charge is -2.05. The van der Waals surface area contributed by atoms with Gasteiger partial charge in [-0.25, -0.2) is 0 Å². The minimum absolute atomic E-state index is 0.670. The summed E-state index contributed by atoms with van der Waals surface area (Å²) in [6, 6.07) is 7.77. The van der Waals surface area contributed by atoms with Crippen LogP contribution < -0.4 is 5.32 Å². The van der Waals surface area contributed by atoms with E-state index in [2.05, 4.69) is 26.4 Å². The molecule has 0 saturated heterocycles. The molecule has 0 fully saturated rings. The molecule has 1 heterocycles. The van der Waals surface area contributed by atoms with E-state index in [0.29, 0.717) is 13.1 Å². The first-order chi connectivity index (χ1) is 8.15. The van der Waals surface area contributed by atoms with Gasteiger partial charge in [-0.3, -0.25) is 0 Å². The molecule has 1 aromatic heterocycles. The van der Waals surface area contributed by atoms with Gasteiger partial charge in [0.25, 0.3) is 0 Å². The first-order valence-electron chi connectivity index (χ1n) is 5.22. The number of nitrogens with zero attached hydrogens (tertiary/aromatic N) is 1. The summed E-state index contributed by atoms with van der Waals surface area (Å²) in [5, 5.41) is 7.93. The summed E-state index contributed by atoms with van der Waals surface area (Å²) in [7, 11) is 0. The van der Waals surface area contributed by atoms with Crippen molar-refractivity contribution in [2.24, 2.45) is 0 Å². The lowest BCUT2D eigenvalue weighted by atomic mass is 10.2. The minimum atomic E-state index is 0.670. The lowest BCUT2D eigenvalue weighted by molar-refractivity contribution is 0.388. The molecule has 0 aliphatic carbocycles. The van der Waals surface area contributed by atoms with Gasteiger partial charge in [-0.05, 0) is 24.6 Å². The van der Waals surface area contributed by atoms with Crippen molar-refractivity contribution in [1.82, 2.24) is 10.5 Å². The lowest BCUT2D eigenvalue weighted by Crippen LogP contribution is -2.13. The van der Waals surface area contributed by atoms with Crippen LogP contribution in [0.5, 0.6) is 0 Å². The monoisotopic (exact) mass is 314 g/mol. The third-order valence-corrected chi connectivity index (χ3v) is 3.16. The average molecular weight is 316 g/mol. The zero-order valence-corrected chi connectivity index (χ0v) is 11.7. The number of benzene rings is 1. The molecule has 0 amide bonds. The molecule has 0 unspecified atom stereocenters. The van der Waals surface area contributed by atoms with Crippen molar-refractivity contribution in [3.8, 4) is 0 Å². The molecule has 0 spiro atoms. The fourth-order valence-corrected chi connectivity index (χ4v) is 2.23. The zero-order chi connectivity index (χ0) is 12.3. The Morgan fingerprint density at radius 1 is 1.35 bits per heavy atom. The van der Waals surface area contributed by atoms with Gasteiger partial charge < -0.3 is 9.84 Å². The molecule has 0 aliphatic heterocycles. The number of halogens is 2. The predicted octanol–water partition coefficient (Wildman–Crippen LogP) is 3.69. The second-order valence-corrected chi connectivity index (χ2v) is 5.09. The highest BCUT2D eigenvalue weighted by atomic mass is 79.9. The Bertz CT molecular complexity index is 513. The smallest absolute Gasteiger partial charge is 0.133 e. The van der Waals surface area contributed by atoms with Crippen LogP contribution in [0.15, 0.2) is 33.3 Å². The fraction of sp³-hybridized carbons (Fsp3) is 0.250. The van der Waals surface area contributed by atoms with Crippen LogP contribution in [0.3, 0.4) is 0 Å². The van der Waals surface area contributed by atoms with Gasteiger partial charge in [0, 0.05) is 28.7 Å². The van der Waals surface area contributed by atoms with Crippen LogP contribution in [-0.2, 0) is 13.1 Å². The Morgan fingerprint density at radius 2 is 2.18 bits per heavy atom. The summed E-state index contributed by atoms with van der Waals surface area (Å²) in [6.07, 6.45) is 0. The highest BCUT2D eigenvalue weighted by molar-refractivity contribution is 9.10. The van der Waals surface area contributed by atoms with Gasteiger partial charge in [-0.15, -0.1) is 0 Å². The molecule has 1 N–H and O–H groups in total. The Hall–Kier alpha value is -0.840. The van der Waals surface area contributed by atoms with E-state index in [-0.39, 0.29) is 0 Å². The molecule has 0 saturated carbocycles. The molecule has 3 nitrogen and oxygen atoms in total. The van der Waals surface area contributed by atoms with Crippen LogP contribution in [0, 0.1) is 6.92 Å². The Morgan fingerprint density at radius 3 is 2.82 bits per heavy atom. The summed E-state index contributed by atoms with van der Waals surface area (Å²) in [6.45, 7) is 3.25. The minimum Gasteiger partial charge on any atom is -0.361 e. The van der Waals surface area contributed by atoms with E-state index in [0.717, 1.165) is 26.5 Å². The molecule has 0 aliphatic rings. The maximum absolute atomic E-state index is 6.11. The Balaban J connectivity index is 1.90. The number of rotatable bonds is 4. The van der Waals surface area contributed by atoms with Gasteiger partial charge in [-0.1, -0.05) is 38.8 Å². The molecule has 5 heteroatoms. The van der Waals surface area contributed by atoms with Crippen LogP contribution in [-0.4, -0.2) is 5.16 Å². The van der Waals surface area contributed by atoms with Crippen LogP contribution in [0.1, 0.15) is 17.0 Å². The largest absolute Gasteiger partial charge is 0.361 e. The molecule has 1 aromatic carbocycles. The second kappa shape index (κ2) is 5.67. The van der Waals surface area contributed by atoms with Gasteiger partial charge in [0.05, 0.1) is 5.69 Å². The van der Waals surface area contributed by atoms with Crippen molar-refractivity contribution in [2.75, 3.05) is 0 Å². The van der Waals surface area contributed by atoms with Gasteiger partial charge in [-0.2, -0.15) is 0 Å². The highest BCUT2D eigenvalue weighted by Crippen LogP contribution is 2.21. The van der Waals surface area contributed by atoms with Crippen LogP contribution in [0.25, 0.3) is 0 Å². The van der Waals surface area contributed by atoms with Gasteiger partial charge in [0.1, 0.15) is 5.76 Å².